The molecule has 2 N–H and O–H groups in total. The van der Waals surface area contributed by atoms with E-state index in [0.29, 0.717) is 25.3 Å². The fraction of sp³-hybridized carbons (Fsp3) is 0.591. The van der Waals surface area contributed by atoms with E-state index in [1.807, 2.05) is 0 Å². The second-order valence-electron chi connectivity index (χ2n) is 9.07. The number of nitrogens with one attached hydrogen (secondary N) is 2. The summed E-state index contributed by atoms with van der Waals surface area (Å²) in [7, 11) is -4.20. The summed E-state index contributed by atoms with van der Waals surface area (Å²) in [6.45, 7) is 0.514. The molecule has 1 aliphatic carbocycles. The van der Waals surface area contributed by atoms with Crippen LogP contribution in [0, 0.1) is 17.6 Å². The van der Waals surface area contributed by atoms with Crippen molar-refractivity contribution in [2.45, 2.75) is 55.4 Å². The van der Waals surface area contributed by atoms with Gasteiger partial charge in [0.15, 0.2) is 0 Å². The second kappa shape index (κ2) is 9.57. The summed E-state index contributed by atoms with van der Waals surface area (Å²) in [4.78, 5) is 37.8. The molecule has 2 heterocycles. The van der Waals surface area contributed by atoms with E-state index in [2.05, 4.69) is 10.6 Å². The smallest absolute Gasteiger partial charge is 0.325 e. The fourth-order valence-electron chi connectivity index (χ4n) is 4.96. The zero-order valence-corrected chi connectivity index (χ0v) is 19.5. The molecule has 1 spiro atoms. The van der Waals surface area contributed by atoms with Crippen molar-refractivity contribution in [1.29, 1.82) is 0 Å². The molecule has 2 aliphatic heterocycles. The molecule has 1 aromatic rings. The molecular formula is C22H28F2N4O5S. The third kappa shape index (κ3) is 4.65. The number of hydrogen-bond acceptors (Lipinski definition) is 5. The van der Waals surface area contributed by atoms with Crippen molar-refractivity contribution in [3.63, 3.8) is 0 Å². The maximum Gasteiger partial charge on any atom is 0.325 e. The Balaban J connectivity index is 1.23. The van der Waals surface area contributed by atoms with Crippen LogP contribution in [-0.4, -0.2) is 67.2 Å². The van der Waals surface area contributed by atoms with E-state index in [1.165, 1.54) is 4.90 Å². The molecule has 0 aromatic heterocycles. The third-order valence-corrected chi connectivity index (χ3v) is 8.81. The van der Waals surface area contributed by atoms with Crippen molar-refractivity contribution < 1.29 is 31.6 Å². The lowest BCUT2D eigenvalue weighted by atomic mass is 9.97. The van der Waals surface area contributed by atoms with Crippen LogP contribution in [0.2, 0.25) is 0 Å². The number of halogens is 2. The molecule has 1 saturated carbocycles. The SMILES string of the molecule is O=C(NCCCN1C(=O)NC2(CCCC2)C1=O)C1CCN(S(=O)(=O)c2cc(F)ccc2F)CC1. The molecule has 0 radical (unpaired) electrons. The van der Waals surface area contributed by atoms with Crippen LogP contribution in [0.1, 0.15) is 44.9 Å². The Morgan fingerprint density at radius 3 is 2.50 bits per heavy atom. The van der Waals surface area contributed by atoms with E-state index < -0.39 is 38.0 Å². The van der Waals surface area contributed by atoms with Gasteiger partial charge in [-0.25, -0.2) is 22.0 Å². The molecule has 0 unspecified atom stereocenters. The maximum absolute atomic E-state index is 14.0. The zero-order valence-electron chi connectivity index (χ0n) is 18.7. The van der Waals surface area contributed by atoms with Crippen LogP contribution in [0.5, 0.6) is 0 Å². The van der Waals surface area contributed by atoms with Crippen LogP contribution in [0.25, 0.3) is 0 Å². The molecule has 12 heteroatoms. The molecular weight excluding hydrogens is 470 g/mol. The van der Waals surface area contributed by atoms with Gasteiger partial charge >= 0.3 is 6.03 Å². The quantitative estimate of drug-likeness (QED) is 0.439. The summed E-state index contributed by atoms with van der Waals surface area (Å²) < 4.78 is 53.8. The highest BCUT2D eigenvalue weighted by atomic mass is 32.2. The first-order chi connectivity index (χ1) is 16.1. The number of sulfonamides is 1. The van der Waals surface area contributed by atoms with E-state index in [-0.39, 0.29) is 56.9 Å². The number of carbonyl (C=O) groups is 3. The van der Waals surface area contributed by atoms with Crippen molar-refractivity contribution in [2.75, 3.05) is 26.2 Å². The van der Waals surface area contributed by atoms with Crippen molar-refractivity contribution in [1.82, 2.24) is 19.8 Å². The van der Waals surface area contributed by atoms with Gasteiger partial charge in [-0.3, -0.25) is 14.5 Å². The van der Waals surface area contributed by atoms with Crippen LogP contribution in [-0.2, 0) is 19.6 Å². The first kappa shape index (κ1) is 24.5. The lowest BCUT2D eigenvalue weighted by Crippen LogP contribution is -2.44. The fourth-order valence-corrected chi connectivity index (χ4v) is 6.51. The molecule has 4 rings (SSSR count). The predicted octanol–water partition coefficient (Wildman–Crippen LogP) is 1.74. The topological polar surface area (TPSA) is 116 Å². The van der Waals surface area contributed by atoms with E-state index in [9.17, 15) is 31.6 Å². The Bertz CT molecular complexity index is 1080. The monoisotopic (exact) mass is 498 g/mol. The highest BCUT2D eigenvalue weighted by Crippen LogP contribution is 2.35. The number of benzene rings is 1. The summed E-state index contributed by atoms with van der Waals surface area (Å²) in [5, 5.41) is 5.60. The normalized spacial score (nSPS) is 21.3. The van der Waals surface area contributed by atoms with Crippen LogP contribution >= 0.6 is 0 Å². The number of carbonyl (C=O) groups excluding carboxylic acids is 3. The van der Waals surface area contributed by atoms with Crippen LogP contribution < -0.4 is 10.6 Å². The highest BCUT2D eigenvalue weighted by molar-refractivity contribution is 7.89. The lowest BCUT2D eigenvalue weighted by molar-refractivity contribution is -0.131. The standard InChI is InChI=1S/C22H28F2N4O5S/c23-16-4-5-17(24)18(14-16)34(32,33)27-12-6-15(7-13-27)19(29)25-10-3-11-28-20(30)22(26-21(28)31)8-1-2-9-22/h4-5,14-15H,1-3,6-13H2,(H,25,29)(H,26,31). The second-order valence-corrected chi connectivity index (χ2v) is 11.0. The summed E-state index contributed by atoms with van der Waals surface area (Å²) in [5.41, 5.74) is -0.747. The van der Waals surface area contributed by atoms with Crippen molar-refractivity contribution in [2.24, 2.45) is 5.92 Å². The van der Waals surface area contributed by atoms with Crippen molar-refractivity contribution in [3.05, 3.63) is 29.8 Å². The summed E-state index contributed by atoms with van der Waals surface area (Å²) in [6.07, 6.45) is 4.04. The minimum atomic E-state index is -4.20. The van der Waals surface area contributed by atoms with E-state index in [1.54, 1.807) is 0 Å². The van der Waals surface area contributed by atoms with E-state index in [4.69, 9.17) is 0 Å². The highest BCUT2D eigenvalue weighted by Gasteiger charge is 2.52. The summed E-state index contributed by atoms with van der Waals surface area (Å²) in [5.74, 6) is -2.71. The number of urea groups is 1. The van der Waals surface area contributed by atoms with E-state index in [0.717, 1.165) is 29.3 Å². The van der Waals surface area contributed by atoms with Crippen LogP contribution in [0.3, 0.4) is 0 Å². The molecule has 34 heavy (non-hydrogen) atoms. The zero-order chi connectivity index (χ0) is 24.5. The minimum absolute atomic E-state index is 0.0148. The number of nitrogens with zero attached hydrogens (tertiary/aromatic N) is 2. The van der Waals surface area contributed by atoms with Gasteiger partial charge in [0.25, 0.3) is 5.91 Å². The Morgan fingerprint density at radius 1 is 1.15 bits per heavy atom. The lowest BCUT2D eigenvalue weighted by Gasteiger charge is -2.30. The van der Waals surface area contributed by atoms with Gasteiger partial charge in [-0.15, -0.1) is 0 Å². The number of hydrogen-bond donors (Lipinski definition) is 2. The van der Waals surface area contributed by atoms with Gasteiger partial charge in [0.05, 0.1) is 0 Å². The molecule has 9 nitrogen and oxygen atoms in total. The molecule has 3 fully saturated rings. The Labute approximate surface area is 196 Å². The molecule has 0 bridgehead atoms. The predicted molar refractivity (Wildman–Crippen MR) is 117 cm³/mol. The molecule has 3 aliphatic rings. The molecule has 4 amide bonds. The van der Waals surface area contributed by atoms with E-state index >= 15 is 0 Å². The van der Waals surface area contributed by atoms with Gasteiger partial charge in [-0.1, -0.05) is 12.8 Å². The number of rotatable bonds is 7. The van der Waals surface area contributed by atoms with Crippen molar-refractivity contribution in [3.8, 4) is 0 Å². The minimum Gasteiger partial charge on any atom is -0.356 e. The first-order valence-electron chi connectivity index (χ1n) is 11.5. The van der Waals surface area contributed by atoms with Crippen molar-refractivity contribution >= 4 is 27.9 Å². The van der Waals surface area contributed by atoms with Crippen LogP contribution in [0.4, 0.5) is 13.6 Å². The number of piperidine rings is 1. The summed E-state index contributed by atoms with van der Waals surface area (Å²) >= 11 is 0. The van der Waals surface area contributed by atoms with Gasteiger partial charge in [-0.05, 0) is 50.3 Å². The average molecular weight is 499 g/mol. The molecule has 1 aromatic carbocycles. The number of imide groups is 1. The van der Waals surface area contributed by atoms with Gasteiger partial charge in [-0.2, -0.15) is 4.31 Å². The maximum atomic E-state index is 14.0. The van der Waals surface area contributed by atoms with Gasteiger partial charge in [0.2, 0.25) is 15.9 Å². The third-order valence-electron chi connectivity index (χ3n) is 6.90. The van der Waals surface area contributed by atoms with Gasteiger partial charge in [0, 0.05) is 32.1 Å². The van der Waals surface area contributed by atoms with Crippen LogP contribution in [0.15, 0.2) is 23.1 Å². The number of amides is 4. The average Bonchev–Trinajstić information content (AvgIpc) is 3.37. The molecule has 186 valence electrons. The Hall–Kier alpha value is -2.60. The van der Waals surface area contributed by atoms with Gasteiger partial charge in [0.1, 0.15) is 22.1 Å². The largest absolute Gasteiger partial charge is 0.356 e. The molecule has 2 saturated heterocycles. The van der Waals surface area contributed by atoms with Gasteiger partial charge < -0.3 is 10.6 Å². The first-order valence-corrected chi connectivity index (χ1v) is 13.0. The Kier molecular flexibility index (Phi) is 6.90. The molecule has 0 atom stereocenters. The summed E-state index contributed by atoms with van der Waals surface area (Å²) in [6, 6.07) is 1.89. The Morgan fingerprint density at radius 2 is 1.82 bits per heavy atom.